The van der Waals surface area contributed by atoms with Gasteiger partial charge in [-0.2, -0.15) is 36.4 Å². The molecule has 0 aliphatic heterocycles. The molecule has 6 nitrogen and oxygen atoms in total. The number of nitrogens with zero attached hydrogens (tertiary/aromatic N) is 2. The third kappa shape index (κ3) is 4.46. The fourth-order valence-electron chi connectivity index (χ4n) is 2.09. The van der Waals surface area contributed by atoms with Crippen molar-refractivity contribution in [3.8, 4) is 11.3 Å². The fourth-order valence-corrected chi connectivity index (χ4v) is 3.61. The van der Waals surface area contributed by atoms with Gasteiger partial charge in [-0.1, -0.05) is 29.3 Å². The van der Waals surface area contributed by atoms with Crippen LogP contribution in [-0.4, -0.2) is 37.1 Å². The summed E-state index contributed by atoms with van der Waals surface area (Å²) >= 11 is 11.4. The van der Waals surface area contributed by atoms with Crippen LogP contribution in [0.15, 0.2) is 22.0 Å². The maximum atomic E-state index is 13.1. The molecule has 2 aromatic rings. The van der Waals surface area contributed by atoms with Gasteiger partial charge in [-0.3, -0.25) is 5.10 Å². The Morgan fingerprint density at radius 1 is 1.17 bits per heavy atom. The Labute approximate surface area is 169 Å². The first-order chi connectivity index (χ1) is 13.2. The molecule has 0 saturated carbocycles. The van der Waals surface area contributed by atoms with Gasteiger partial charge in [0.05, 0.1) is 27.9 Å². The summed E-state index contributed by atoms with van der Waals surface area (Å²) in [6, 6.07) is 1.10. The van der Waals surface area contributed by atoms with E-state index in [4.69, 9.17) is 27.9 Å². The summed E-state index contributed by atoms with van der Waals surface area (Å²) in [7, 11) is -6.03. The lowest BCUT2D eigenvalue weighted by Gasteiger charge is -2.14. The van der Waals surface area contributed by atoms with Gasteiger partial charge in [-0.15, -0.1) is 0 Å². The molecule has 0 atom stereocenters. The average molecular weight is 484 g/mol. The number of alkyl halides is 6. The number of H-pyrrole nitrogens is 1. The van der Waals surface area contributed by atoms with Gasteiger partial charge in [0.25, 0.3) is 9.84 Å². The summed E-state index contributed by atoms with van der Waals surface area (Å²) < 4.78 is 107. The number of benzene rings is 1. The van der Waals surface area contributed by atoms with E-state index in [2.05, 4.69) is 10.1 Å². The van der Waals surface area contributed by atoms with E-state index in [1.807, 2.05) is 5.10 Å². The highest BCUT2D eigenvalue weighted by Gasteiger charge is 2.50. The van der Waals surface area contributed by atoms with Crippen LogP contribution in [0.3, 0.4) is 0 Å². The van der Waals surface area contributed by atoms with Crippen LogP contribution in [0, 0.1) is 0 Å². The Morgan fingerprint density at radius 2 is 1.79 bits per heavy atom. The van der Waals surface area contributed by atoms with Crippen molar-refractivity contribution in [2.24, 2.45) is 4.99 Å². The van der Waals surface area contributed by atoms with Gasteiger partial charge in [-0.25, -0.2) is 8.42 Å². The van der Waals surface area contributed by atoms with E-state index in [-0.39, 0.29) is 6.61 Å². The summed E-state index contributed by atoms with van der Waals surface area (Å²) in [6.45, 7) is 1.60. The predicted molar refractivity (Wildman–Crippen MR) is 92.1 cm³/mol. The Hall–Kier alpha value is -1.99. The molecule has 0 bridgehead atoms. The van der Waals surface area contributed by atoms with Crippen LogP contribution >= 0.6 is 23.2 Å². The molecule has 29 heavy (non-hydrogen) atoms. The minimum absolute atomic E-state index is 0.0719. The molecule has 0 aliphatic carbocycles. The van der Waals surface area contributed by atoms with E-state index in [1.165, 1.54) is 6.92 Å². The Balaban J connectivity index is 2.80. The molecule has 1 N–H and O–H groups in total. The van der Waals surface area contributed by atoms with Crippen LogP contribution in [-0.2, 0) is 20.8 Å². The van der Waals surface area contributed by atoms with Crippen molar-refractivity contribution < 1.29 is 39.5 Å². The highest BCUT2D eigenvalue weighted by Crippen LogP contribution is 2.46. The van der Waals surface area contributed by atoms with E-state index < -0.39 is 59.1 Å². The molecule has 15 heteroatoms. The van der Waals surface area contributed by atoms with Crippen molar-refractivity contribution in [1.82, 2.24) is 10.2 Å². The molecule has 1 aromatic carbocycles. The zero-order valence-corrected chi connectivity index (χ0v) is 16.3. The number of ether oxygens (including phenoxy) is 1. The summed E-state index contributed by atoms with van der Waals surface area (Å²) in [4.78, 5) is 1.96. The number of aliphatic imine (C=N–C) groups is 1. The van der Waals surface area contributed by atoms with Crippen LogP contribution in [0.5, 0.6) is 0 Å². The molecule has 0 amide bonds. The zero-order valence-electron chi connectivity index (χ0n) is 14.0. The molecule has 0 fully saturated rings. The van der Waals surface area contributed by atoms with E-state index >= 15 is 0 Å². The molecule has 0 saturated heterocycles. The number of halogens is 8. The van der Waals surface area contributed by atoms with Gasteiger partial charge >= 0.3 is 11.7 Å². The summed E-state index contributed by atoms with van der Waals surface area (Å²) in [6.07, 6.45) is -4.24. The largest absolute Gasteiger partial charge is 0.502 e. The van der Waals surface area contributed by atoms with Crippen molar-refractivity contribution in [2.45, 2.75) is 23.5 Å². The molecule has 0 spiro atoms. The second-order valence-corrected chi connectivity index (χ2v) is 7.81. The Bertz CT molecular complexity index is 1050. The third-order valence-electron chi connectivity index (χ3n) is 3.35. The van der Waals surface area contributed by atoms with Crippen LogP contribution in [0.4, 0.5) is 32.2 Å². The molecule has 1 heterocycles. The topological polar surface area (TPSA) is 84.4 Å². The summed E-state index contributed by atoms with van der Waals surface area (Å²) in [5.74, 6) is -0.933. The molecular weight excluding hydrogens is 475 g/mol. The van der Waals surface area contributed by atoms with Gasteiger partial charge < -0.3 is 4.74 Å². The quantitative estimate of drug-likeness (QED) is 0.351. The summed E-state index contributed by atoms with van der Waals surface area (Å²) in [5.41, 5.74) is -8.52. The number of hydrogen-bond acceptors (Lipinski definition) is 5. The second kappa shape index (κ2) is 8.03. The lowest BCUT2D eigenvalue weighted by molar-refractivity contribution is -0.137. The standard InChI is InChI=1S/C14H9Cl2F6N3O3S/c1-2-28-5-23-12-11(29(26,27)14(20,21)22)10(24-25-12)6-3-4-7(13(17,18)19)9(16)8(6)15/h3-5H,2H2,1H3,(H,24,25). The third-order valence-corrected chi connectivity index (χ3v) is 5.77. The Kier molecular flexibility index (Phi) is 6.45. The molecule has 0 unspecified atom stereocenters. The number of sulfone groups is 1. The second-order valence-electron chi connectivity index (χ2n) is 5.18. The number of rotatable bonds is 5. The molecule has 0 radical (unpaired) electrons. The van der Waals surface area contributed by atoms with E-state index in [0.29, 0.717) is 18.5 Å². The first kappa shape index (κ1) is 23.3. The van der Waals surface area contributed by atoms with Crippen molar-refractivity contribution in [3.05, 3.63) is 27.7 Å². The van der Waals surface area contributed by atoms with Crippen molar-refractivity contribution >= 4 is 45.3 Å². The number of aromatic nitrogens is 2. The predicted octanol–water partition coefficient (Wildman–Crippen LogP) is 5.39. The van der Waals surface area contributed by atoms with Gasteiger partial charge in [-0.05, 0) is 13.0 Å². The molecule has 1 aromatic heterocycles. The highest BCUT2D eigenvalue weighted by molar-refractivity contribution is 7.92. The SMILES string of the molecule is CCOC=Nc1n[nH]c(-c2ccc(C(F)(F)F)c(Cl)c2Cl)c1S(=O)(=O)C(F)(F)F. The van der Waals surface area contributed by atoms with Crippen LogP contribution in [0.25, 0.3) is 11.3 Å². The van der Waals surface area contributed by atoms with E-state index in [1.54, 1.807) is 0 Å². The van der Waals surface area contributed by atoms with Gasteiger partial charge in [0.2, 0.25) is 0 Å². The number of nitrogens with one attached hydrogen (secondary N) is 1. The normalized spacial score (nSPS) is 13.3. The van der Waals surface area contributed by atoms with Crippen molar-refractivity contribution in [3.63, 3.8) is 0 Å². The minimum Gasteiger partial charge on any atom is -0.483 e. The van der Waals surface area contributed by atoms with E-state index in [0.717, 1.165) is 0 Å². The monoisotopic (exact) mass is 483 g/mol. The minimum atomic E-state index is -6.03. The zero-order chi connectivity index (χ0) is 22.2. The first-order valence-corrected chi connectivity index (χ1v) is 9.56. The Morgan fingerprint density at radius 3 is 2.31 bits per heavy atom. The molecular formula is C14H9Cl2F6N3O3S. The van der Waals surface area contributed by atoms with Crippen LogP contribution < -0.4 is 0 Å². The number of aromatic amines is 1. The van der Waals surface area contributed by atoms with Crippen LogP contribution in [0.1, 0.15) is 12.5 Å². The lowest BCUT2D eigenvalue weighted by Crippen LogP contribution is -2.23. The molecule has 0 aliphatic rings. The van der Waals surface area contributed by atoms with Crippen molar-refractivity contribution in [1.29, 1.82) is 0 Å². The van der Waals surface area contributed by atoms with Gasteiger partial charge in [0.1, 0.15) is 4.90 Å². The van der Waals surface area contributed by atoms with Gasteiger partial charge in [0.15, 0.2) is 12.2 Å². The first-order valence-electron chi connectivity index (χ1n) is 7.32. The van der Waals surface area contributed by atoms with E-state index in [9.17, 15) is 34.8 Å². The number of hydrogen-bond donors (Lipinski definition) is 1. The van der Waals surface area contributed by atoms with Gasteiger partial charge in [0, 0.05) is 5.56 Å². The molecule has 160 valence electrons. The lowest BCUT2D eigenvalue weighted by atomic mass is 10.1. The summed E-state index contributed by atoms with van der Waals surface area (Å²) in [5, 5.41) is 3.52. The van der Waals surface area contributed by atoms with Crippen LogP contribution in [0.2, 0.25) is 10.0 Å². The van der Waals surface area contributed by atoms with Crippen molar-refractivity contribution in [2.75, 3.05) is 6.61 Å². The smallest absolute Gasteiger partial charge is 0.483 e. The maximum absolute atomic E-state index is 13.1. The average Bonchev–Trinajstić information content (AvgIpc) is 2.99. The fraction of sp³-hybridized carbons (Fsp3) is 0.286. The molecule has 2 rings (SSSR count). The maximum Gasteiger partial charge on any atom is 0.502 e. The highest BCUT2D eigenvalue weighted by atomic mass is 35.5.